The smallest absolute Gasteiger partial charge is 0.455 e. The van der Waals surface area contributed by atoms with Crippen molar-refractivity contribution in [1.82, 2.24) is 0 Å². The summed E-state index contributed by atoms with van der Waals surface area (Å²) in [6.45, 7) is 1.84. The molecule has 3 aromatic rings. The number of phenolic OH excluding ortho intramolecular Hbond substituents is 1. The Kier molecular flexibility index (Phi) is 11.0. The van der Waals surface area contributed by atoms with Crippen LogP contribution in [0.4, 0.5) is 32.0 Å². The molecule has 2 amide bonds. The number of anilines is 1. The molecule has 2 aliphatic heterocycles. The quantitative estimate of drug-likeness (QED) is 0.0734. The van der Waals surface area contributed by atoms with Gasteiger partial charge in [-0.05, 0) is 120 Å². The summed E-state index contributed by atoms with van der Waals surface area (Å²) in [4.78, 5) is 28.5. The normalized spacial score (nSPS) is 22.3. The molecular formula is C37H33BF6INO7. The minimum Gasteiger partial charge on any atom is -0.504 e. The second-order valence-electron chi connectivity index (χ2n) is 13.3. The number of nitrogens with zero attached hydrogens (tertiary/aromatic N) is 1. The highest BCUT2D eigenvalue weighted by Crippen LogP contribution is 2.52. The maximum atomic E-state index is 14.1. The van der Waals surface area contributed by atoms with Crippen LogP contribution in [-0.4, -0.2) is 48.9 Å². The van der Waals surface area contributed by atoms with Crippen molar-refractivity contribution < 1.29 is 60.2 Å². The molecule has 0 bridgehead atoms. The van der Waals surface area contributed by atoms with Crippen LogP contribution in [-0.2, 0) is 26.6 Å². The number of aromatic hydroxyl groups is 1. The van der Waals surface area contributed by atoms with Gasteiger partial charge in [-0.1, -0.05) is 29.8 Å². The fraction of sp³-hybridized carbons (Fsp3) is 0.351. The van der Waals surface area contributed by atoms with Gasteiger partial charge in [0.25, 0.3) is 0 Å². The Balaban J connectivity index is 1.35. The maximum absolute atomic E-state index is 14.1. The number of allylic oxidation sites excluding steroid dienone is 1. The van der Waals surface area contributed by atoms with Crippen LogP contribution in [0.2, 0.25) is 6.32 Å². The van der Waals surface area contributed by atoms with Gasteiger partial charge in [0.15, 0.2) is 11.5 Å². The summed E-state index contributed by atoms with van der Waals surface area (Å²) in [7, 11) is 0.0644. The number of amides is 2. The number of phenols is 1. The molecular weight excluding hydrogens is 822 g/mol. The molecule has 1 aliphatic carbocycles. The predicted octanol–water partition coefficient (Wildman–Crippen LogP) is 8.31. The van der Waals surface area contributed by atoms with Crippen molar-refractivity contribution in [3.8, 4) is 17.2 Å². The van der Waals surface area contributed by atoms with Crippen LogP contribution in [0, 0.1) is 21.3 Å². The molecule has 2 fully saturated rings. The maximum Gasteiger partial charge on any atom is 0.455 e. The second-order valence-corrected chi connectivity index (χ2v) is 14.4. The van der Waals surface area contributed by atoms with Crippen LogP contribution >= 0.6 is 22.6 Å². The molecule has 4 atom stereocenters. The largest absolute Gasteiger partial charge is 0.504 e. The second kappa shape index (κ2) is 15.0. The van der Waals surface area contributed by atoms with E-state index >= 15 is 0 Å². The highest BCUT2D eigenvalue weighted by molar-refractivity contribution is 14.1. The van der Waals surface area contributed by atoms with Gasteiger partial charge in [-0.15, -0.1) is 0 Å². The first-order valence-electron chi connectivity index (χ1n) is 16.6. The molecule has 0 saturated carbocycles. The van der Waals surface area contributed by atoms with E-state index in [4.69, 9.17) is 14.1 Å². The van der Waals surface area contributed by atoms with Crippen molar-refractivity contribution in [3.05, 3.63) is 97.6 Å². The summed E-state index contributed by atoms with van der Waals surface area (Å²) < 4.78 is 101. The van der Waals surface area contributed by atoms with Gasteiger partial charge >= 0.3 is 19.5 Å². The van der Waals surface area contributed by atoms with E-state index in [-0.39, 0.29) is 31.2 Å². The number of carbonyl (C=O) groups is 2. The average molecular weight is 855 g/mol. The molecule has 2 heterocycles. The number of hydrogen-bond donors (Lipinski definition) is 2. The number of methoxy groups -OCH3 is 1. The fourth-order valence-electron chi connectivity index (χ4n) is 7.45. The lowest BCUT2D eigenvalue weighted by atomic mass is 9.58. The monoisotopic (exact) mass is 855 g/mol. The Morgan fingerprint density at radius 1 is 1.00 bits per heavy atom. The van der Waals surface area contributed by atoms with Crippen LogP contribution in [0.3, 0.4) is 0 Å². The van der Waals surface area contributed by atoms with Crippen molar-refractivity contribution >= 4 is 53.3 Å². The first-order valence-corrected chi connectivity index (χ1v) is 17.7. The summed E-state index contributed by atoms with van der Waals surface area (Å²) in [5.41, 5.74) is -1.26. The number of imide groups is 1. The van der Waals surface area contributed by atoms with Gasteiger partial charge in [-0.25, -0.2) is 4.90 Å². The highest BCUT2D eigenvalue weighted by Gasteiger charge is 2.58. The third-order valence-corrected chi connectivity index (χ3v) is 10.6. The Bertz CT molecular complexity index is 1940. The van der Waals surface area contributed by atoms with Crippen molar-refractivity contribution in [2.24, 2.45) is 17.8 Å². The molecule has 280 valence electrons. The minimum atomic E-state index is -5.19. The van der Waals surface area contributed by atoms with E-state index < -0.39 is 72.0 Å². The van der Waals surface area contributed by atoms with Gasteiger partial charge in [0.2, 0.25) is 11.8 Å². The zero-order chi connectivity index (χ0) is 38.4. The molecule has 2 N–H and O–H groups in total. The van der Waals surface area contributed by atoms with Crippen molar-refractivity contribution in [3.63, 3.8) is 0 Å². The van der Waals surface area contributed by atoms with Gasteiger partial charge in [0.1, 0.15) is 12.4 Å². The molecule has 3 aliphatic rings. The molecule has 2 saturated heterocycles. The van der Waals surface area contributed by atoms with E-state index in [1.165, 1.54) is 7.11 Å². The predicted molar refractivity (Wildman–Crippen MR) is 191 cm³/mol. The first-order chi connectivity index (χ1) is 25.0. The summed E-state index contributed by atoms with van der Waals surface area (Å²) >= 11 is 1.99. The number of benzene rings is 3. The Hall–Kier alpha value is -4.03. The number of para-hydroxylation sites is 1. The molecule has 0 aromatic heterocycles. The van der Waals surface area contributed by atoms with Gasteiger partial charge in [0.05, 0.1) is 45.4 Å². The molecule has 3 aromatic carbocycles. The minimum absolute atomic E-state index is 0.0127. The van der Waals surface area contributed by atoms with Gasteiger partial charge in [-0.3, -0.25) is 9.59 Å². The number of carbonyl (C=O) groups excluding carboxylic acids is 2. The van der Waals surface area contributed by atoms with Crippen LogP contribution < -0.4 is 14.4 Å². The van der Waals surface area contributed by atoms with Gasteiger partial charge < -0.3 is 24.3 Å². The van der Waals surface area contributed by atoms with E-state index in [0.29, 0.717) is 56.1 Å². The third kappa shape index (κ3) is 8.09. The van der Waals surface area contributed by atoms with Crippen LogP contribution in [0.15, 0.2) is 77.4 Å². The van der Waals surface area contributed by atoms with Crippen LogP contribution in [0.25, 0.3) is 6.08 Å². The fourth-order valence-corrected chi connectivity index (χ4v) is 8.08. The highest BCUT2D eigenvalue weighted by atomic mass is 127. The number of hydrogen-bond acceptors (Lipinski definition) is 7. The molecule has 16 heteroatoms. The van der Waals surface area contributed by atoms with E-state index in [0.717, 1.165) is 11.1 Å². The summed E-state index contributed by atoms with van der Waals surface area (Å²) in [5, 5.41) is 21.2. The van der Waals surface area contributed by atoms with Gasteiger partial charge in [0, 0.05) is 0 Å². The van der Waals surface area contributed by atoms with Crippen LogP contribution in [0.1, 0.15) is 42.9 Å². The van der Waals surface area contributed by atoms with Crippen LogP contribution in [0.5, 0.6) is 17.2 Å². The molecule has 53 heavy (non-hydrogen) atoms. The summed E-state index contributed by atoms with van der Waals surface area (Å²) in [6.07, 6.45) is -8.69. The number of ether oxygens (including phenoxy) is 2. The Labute approximate surface area is 314 Å². The van der Waals surface area contributed by atoms with E-state index in [1.54, 1.807) is 42.5 Å². The molecule has 0 unspecified atom stereocenters. The lowest BCUT2D eigenvalue weighted by Gasteiger charge is -2.43. The van der Waals surface area contributed by atoms with Crippen molar-refractivity contribution in [2.45, 2.75) is 51.0 Å². The lowest BCUT2D eigenvalue weighted by Crippen LogP contribution is -2.46. The number of rotatable bonds is 9. The lowest BCUT2D eigenvalue weighted by molar-refractivity contribution is -0.143. The standard InChI is InChI=1S/C37H33BF6INO7/c1-19(10-20-11-28(45)33(47)30(12-20)51-2)8-9-29-31-21(18-52-25-6-4-3-5-7-25)13-26-32(27(31)17-38(50)53-29)35(49)46(34(26)48)24-15-22(36(39,40)41)14-23(16-24)37(42,43)44/h3-7,10-12,14-16,26-27,29,32,47,50H,8-9,13,17-18H2,1-2H3/b19-10+/t26-,27+,29-,32-/m1/s1. The average Bonchev–Trinajstić information content (AvgIpc) is 3.35. The van der Waals surface area contributed by atoms with Crippen molar-refractivity contribution in [1.29, 1.82) is 0 Å². The van der Waals surface area contributed by atoms with E-state index in [1.807, 2.05) is 35.6 Å². The molecule has 0 radical (unpaired) electrons. The topological polar surface area (TPSA) is 106 Å². The third-order valence-electron chi connectivity index (χ3n) is 9.78. The molecule has 0 spiro atoms. The summed E-state index contributed by atoms with van der Waals surface area (Å²) in [6, 6.07) is 12.9. The van der Waals surface area contributed by atoms with Crippen molar-refractivity contribution in [2.75, 3.05) is 18.6 Å². The zero-order valence-electron chi connectivity index (χ0n) is 28.3. The Morgan fingerprint density at radius 2 is 1.66 bits per heavy atom. The molecule has 6 rings (SSSR count). The molecule has 8 nitrogen and oxygen atoms in total. The SMILES string of the molecule is COc1cc(/C=C(\C)CC[C@H]2OB(O)C[C@H]3C2=C(COc2ccccc2)C[C@H]2C(=O)N(c4cc(C(F)(F)F)cc(C(F)(F)F)c4)C(=O)[C@H]23)cc(I)c1O. The zero-order valence-corrected chi connectivity index (χ0v) is 30.5. The summed E-state index contributed by atoms with van der Waals surface area (Å²) in [5.74, 6) is -4.19. The van der Waals surface area contributed by atoms with E-state index in [9.17, 15) is 46.1 Å². The number of alkyl halides is 6. The number of fused-ring (bicyclic) bond motifs is 3. The first kappa shape index (κ1) is 38.7. The van der Waals surface area contributed by atoms with E-state index in [2.05, 4.69) is 0 Å². The number of halogens is 7. The Morgan fingerprint density at radius 3 is 2.28 bits per heavy atom. The van der Waals surface area contributed by atoms with Gasteiger partial charge in [-0.2, -0.15) is 26.3 Å².